The van der Waals surface area contributed by atoms with E-state index in [1.165, 1.54) is 37.7 Å². The number of alkyl halides is 2. The van der Waals surface area contributed by atoms with Crippen LogP contribution in [-0.4, -0.2) is 66.9 Å². The Morgan fingerprint density at radius 3 is 2.39 bits per heavy atom. The molecule has 0 fully saturated rings. The Bertz CT molecular complexity index is 2770. The maximum absolute atomic E-state index is 15.6. The number of amides is 1. The number of aliphatic hydroxyl groups is 1. The molecule has 3 heterocycles. The van der Waals surface area contributed by atoms with E-state index < -0.39 is 80.9 Å². The van der Waals surface area contributed by atoms with Gasteiger partial charge in [-0.05, 0) is 62.1 Å². The van der Waals surface area contributed by atoms with Crippen molar-refractivity contribution in [2.75, 3.05) is 11.0 Å². The maximum Gasteiger partial charge on any atom is 0.356 e. The van der Waals surface area contributed by atoms with Crippen molar-refractivity contribution in [3.05, 3.63) is 93.0 Å². The van der Waals surface area contributed by atoms with Crippen molar-refractivity contribution < 1.29 is 45.8 Å². The second-order valence-corrected chi connectivity index (χ2v) is 16.3. The summed E-state index contributed by atoms with van der Waals surface area (Å²) in [5, 5.41) is 31.4. The van der Waals surface area contributed by atoms with Gasteiger partial charge in [0.15, 0.2) is 11.5 Å². The summed E-state index contributed by atoms with van der Waals surface area (Å²) in [6.45, 7) is 1.98. The number of carbonyl (C=O) groups excluding carboxylic acids is 1. The molecule has 2 aliphatic rings. The lowest BCUT2D eigenvalue weighted by atomic mass is 9.84. The summed E-state index contributed by atoms with van der Waals surface area (Å²) in [5.41, 5.74) is -2.07. The average molecular weight is 824 g/mol. The van der Waals surface area contributed by atoms with Gasteiger partial charge in [-0.1, -0.05) is 35.4 Å². The van der Waals surface area contributed by atoms with Crippen LogP contribution < -0.4 is 10.0 Å². The van der Waals surface area contributed by atoms with Crippen molar-refractivity contribution in [1.29, 1.82) is 0 Å². The van der Waals surface area contributed by atoms with E-state index in [-0.39, 0.29) is 50.7 Å². The number of hydrogen-bond acceptors (Lipinski definition) is 8. The third kappa shape index (κ3) is 7.51. The number of carboxylic acids is 1. The van der Waals surface area contributed by atoms with Gasteiger partial charge in [-0.2, -0.15) is 19.0 Å². The van der Waals surface area contributed by atoms with Crippen LogP contribution in [0.25, 0.3) is 22.0 Å². The standard InChI is InChI=1S/C38H30ClF4N7O6S/c1-37(2,54)12-11-21-5-6-22(23-8-10-26(39)30-33(23)49(3)47-35(30)48-57(4,55)56)31(44-21)27(15-18-13-19(40)16-20(41)14-18)45-28(51)17-50-34-29(32(46-50)36(52)53)24-7-9-25(24)38(34,42)43/h5-6,8,10,13-14,16,24-25,27,54H,15,17H2,1-4H3,(H,45,51)(H,47,48)(H,52,53)/t24-,25+,27-/m0/s1. The Hall–Kier alpha value is -5.95. The van der Waals surface area contributed by atoms with Gasteiger partial charge in [-0.3, -0.25) is 18.9 Å². The third-order valence-corrected chi connectivity index (χ3v) is 10.1. The second-order valence-electron chi connectivity index (χ2n) is 14.1. The fraction of sp³-hybridized carbons (Fsp3) is 0.289. The highest BCUT2D eigenvalue weighted by Crippen LogP contribution is 2.56. The Labute approximate surface area is 327 Å². The number of anilines is 1. The second kappa shape index (κ2) is 13.9. The number of aromatic nitrogens is 5. The topological polar surface area (TPSA) is 181 Å². The monoisotopic (exact) mass is 823 g/mol. The van der Waals surface area contributed by atoms with E-state index >= 15 is 8.78 Å². The van der Waals surface area contributed by atoms with E-state index in [1.54, 1.807) is 12.1 Å². The number of benzene rings is 2. The number of nitrogens with zero attached hydrogens (tertiary/aromatic N) is 5. The van der Waals surface area contributed by atoms with E-state index in [0.717, 1.165) is 18.4 Å². The summed E-state index contributed by atoms with van der Waals surface area (Å²) >= 11 is 6.58. The molecule has 7 rings (SSSR count). The molecule has 19 heteroatoms. The molecule has 0 spiro atoms. The summed E-state index contributed by atoms with van der Waals surface area (Å²) in [7, 11) is -2.30. The molecule has 57 heavy (non-hydrogen) atoms. The predicted octanol–water partition coefficient (Wildman–Crippen LogP) is 4.88. The van der Waals surface area contributed by atoms with Gasteiger partial charge in [0, 0.05) is 29.8 Å². The first-order chi connectivity index (χ1) is 26.6. The molecule has 3 atom stereocenters. The van der Waals surface area contributed by atoms with Crippen molar-refractivity contribution >= 4 is 50.2 Å². The first kappa shape index (κ1) is 39.3. The summed E-state index contributed by atoms with van der Waals surface area (Å²) in [6.07, 6.45) is 0.597. The van der Waals surface area contributed by atoms with Gasteiger partial charge in [0.1, 0.15) is 41.1 Å². The van der Waals surface area contributed by atoms with Crippen molar-refractivity contribution in [2.24, 2.45) is 13.0 Å². The Kier molecular flexibility index (Phi) is 9.59. The number of aryl methyl sites for hydroxylation is 1. The van der Waals surface area contributed by atoms with Crippen LogP contribution in [0.2, 0.25) is 5.02 Å². The molecule has 2 aliphatic carbocycles. The van der Waals surface area contributed by atoms with Crippen LogP contribution in [0.5, 0.6) is 0 Å². The number of pyridine rings is 1. The van der Waals surface area contributed by atoms with E-state index in [0.29, 0.717) is 21.8 Å². The molecule has 0 bridgehead atoms. The van der Waals surface area contributed by atoms with Gasteiger partial charge in [0.2, 0.25) is 15.9 Å². The number of halogens is 5. The molecule has 13 nitrogen and oxygen atoms in total. The Morgan fingerprint density at radius 1 is 1.09 bits per heavy atom. The van der Waals surface area contributed by atoms with Crippen LogP contribution in [0.15, 0.2) is 42.5 Å². The molecular formula is C38H30ClF4N7O6S. The minimum absolute atomic E-state index is 0.0340. The number of hydrogen-bond donors (Lipinski definition) is 4. The van der Waals surface area contributed by atoms with Crippen LogP contribution in [0.3, 0.4) is 0 Å². The van der Waals surface area contributed by atoms with Crippen molar-refractivity contribution in [2.45, 2.75) is 50.3 Å². The van der Waals surface area contributed by atoms with E-state index in [1.807, 2.05) is 0 Å². The van der Waals surface area contributed by atoms with Crippen LogP contribution >= 0.6 is 11.6 Å². The molecule has 1 amide bonds. The van der Waals surface area contributed by atoms with Gasteiger partial charge in [-0.15, -0.1) is 0 Å². The summed E-state index contributed by atoms with van der Waals surface area (Å²) in [4.78, 5) is 30.8. The van der Waals surface area contributed by atoms with Crippen molar-refractivity contribution in [3.63, 3.8) is 0 Å². The van der Waals surface area contributed by atoms with E-state index in [9.17, 15) is 37.0 Å². The highest BCUT2D eigenvalue weighted by atomic mass is 35.5. The lowest BCUT2D eigenvalue weighted by Gasteiger charge is -2.24. The molecule has 0 saturated carbocycles. The summed E-state index contributed by atoms with van der Waals surface area (Å²) in [6, 6.07) is 7.52. The zero-order valence-corrected chi connectivity index (χ0v) is 31.8. The van der Waals surface area contributed by atoms with Crippen LogP contribution in [0.1, 0.15) is 64.5 Å². The normalized spacial score (nSPS) is 17.0. The molecule has 0 saturated heterocycles. The molecule has 4 N–H and O–H groups in total. The van der Waals surface area contributed by atoms with Crippen molar-refractivity contribution in [3.8, 4) is 34.8 Å². The van der Waals surface area contributed by atoms with Gasteiger partial charge in [0.05, 0.1) is 39.8 Å². The molecule has 5 aromatic rings. The number of carbonyl (C=O) groups is 2. The smallest absolute Gasteiger partial charge is 0.356 e. The molecular weight excluding hydrogens is 794 g/mol. The molecule has 294 valence electrons. The van der Waals surface area contributed by atoms with Crippen molar-refractivity contribution in [1.82, 2.24) is 29.9 Å². The number of nitrogens with one attached hydrogen (secondary N) is 2. The van der Waals surface area contributed by atoms with E-state index in [2.05, 4.69) is 43.9 Å². The fourth-order valence-corrected chi connectivity index (χ4v) is 7.72. The number of fused-ring (bicyclic) bond motifs is 4. The third-order valence-electron chi connectivity index (χ3n) is 9.19. The predicted molar refractivity (Wildman–Crippen MR) is 199 cm³/mol. The molecule has 0 radical (unpaired) electrons. The minimum atomic E-state index is -3.83. The Morgan fingerprint density at radius 2 is 1.77 bits per heavy atom. The summed E-state index contributed by atoms with van der Waals surface area (Å²) < 4.78 is 89.1. The quantitative estimate of drug-likeness (QED) is 0.113. The lowest BCUT2D eigenvalue weighted by molar-refractivity contribution is -0.123. The fourth-order valence-electron chi connectivity index (χ4n) is 6.98. The lowest BCUT2D eigenvalue weighted by Crippen LogP contribution is -2.36. The minimum Gasteiger partial charge on any atom is -0.476 e. The van der Waals surface area contributed by atoms with Gasteiger partial charge in [-0.25, -0.2) is 27.0 Å². The SMILES string of the molecule is Cn1nc(NS(C)(=O)=O)c2c(Cl)ccc(-c3ccc(C#CC(C)(C)O)nc3[C@H](Cc3cc(F)cc(F)c3)NC(=O)Cn3nc(C(=O)O)c4c3C(F)(F)[C@@H]3C#C[C@H]43)c21. The van der Waals surface area contributed by atoms with Gasteiger partial charge in [0.25, 0.3) is 0 Å². The first-order valence-corrected chi connectivity index (χ1v) is 19.3. The number of carboxylic acid groups (broad SMARTS) is 1. The molecule has 0 unspecified atom stereocenters. The Balaban J connectivity index is 1.39. The highest BCUT2D eigenvalue weighted by molar-refractivity contribution is 7.92. The molecule has 2 aromatic carbocycles. The van der Waals surface area contributed by atoms with Gasteiger partial charge < -0.3 is 15.5 Å². The molecule has 3 aromatic heterocycles. The van der Waals surface area contributed by atoms with Crippen LogP contribution in [0.4, 0.5) is 23.4 Å². The first-order valence-electron chi connectivity index (χ1n) is 17.0. The molecule has 0 aliphatic heterocycles. The summed E-state index contributed by atoms with van der Waals surface area (Å²) in [5.74, 6) is -0.346. The number of aromatic carboxylic acids is 1. The van der Waals surface area contributed by atoms with Crippen LogP contribution in [0, 0.1) is 41.2 Å². The number of sulfonamides is 1. The zero-order valence-electron chi connectivity index (χ0n) is 30.2. The zero-order chi connectivity index (χ0) is 41.4. The maximum atomic E-state index is 15.6. The van der Waals surface area contributed by atoms with Gasteiger partial charge >= 0.3 is 11.9 Å². The van der Waals surface area contributed by atoms with E-state index in [4.69, 9.17) is 16.6 Å². The highest BCUT2D eigenvalue weighted by Gasteiger charge is 2.60. The largest absolute Gasteiger partial charge is 0.476 e. The van der Waals surface area contributed by atoms with Crippen LogP contribution in [-0.2, 0) is 40.8 Å². The number of rotatable bonds is 10. The average Bonchev–Trinajstić information content (AvgIpc) is 3.63.